The van der Waals surface area contributed by atoms with Crippen LogP contribution in [0.15, 0.2) is 61.2 Å². The second-order valence-corrected chi connectivity index (χ2v) is 4.42. The van der Waals surface area contributed by atoms with Crippen molar-refractivity contribution in [2.75, 3.05) is 11.9 Å². The van der Waals surface area contributed by atoms with E-state index in [2.05, 4.69) is 11.9 Å². The van der Waals surface area contributed by atoms with E-state index >= 15 is 0 Å². The molecule has 0 amide bonds. The third kappa shape index (κ3) is 3.87. The van der Waals surface area contributed by atoms with Gasteiger partial charge in [-0.3, -0.25) is 0 Å². The Morgan fingerprint density at radius 3 is 2.55 bits per heavy atom. The van der Waals surface area contributed by atoms with Crippen molar-refractivity contribution in [3.63, 3.8) is 0 Å². The third-order valence-corrected chi connectivity index (χ3v) is 2.95. The summed E-state index contributed by atoms with van der Waals surface area (Å²) in [7, 11) is 0. The number of aliphatic hydroxyl groups is 1. The maximum Gasteiger partial charge on any atom is 0.124 e. The summed E-state index contributed by atoms with van der Waals surface area (Å²) < 4.78 is 5.62. The molecule has 2 aromatic carbocycles. The third-order valence-electron chi connectivity index (χ3n) is 2.95. The van der Waals surface area contributed by atoms with Gasteiger partial charge in [0.15, 0.2) is 0 Å². The number of para-hydroxylation sites is 1. The average molecular weight is 269 g/mol. The average Bonchev–Trinajstić information content (AvgIpc) is 2.52. The van der Waals surface area contributed by atoms with Crippen LogP contribution in [0.4, 0.5) is 5.69 Å². The topological polar surface area (TPSA) is 41.5 Å². The molecule has 0 saturated heterocycles. The van der Waals surface area contributed by atoms with Crippen LogP contribution in [0.3, 0.4) is 0 Å². The summed E-state index contributed by atoms with van der Waals surface area (Å²) in [6, 6.07) is 15.7. The lowest BCUT2D eigenvalue weighted by Gasteiger charge is -2.12. The van der Waals surface area contributed by atoms with Crippen LogP contribution in [-0.2, 0) is 13.2 Å². The molecular formula is C17H19NO2. The summed E-state index contributed by atoms with van der Waals surface area (Å²) in [5, 5.41) is 12.4. The first-order valence-electron chi connectivity index (χ1n) is 6.58. The number of hydrogen-bond donors (Lipinski definition) is 2. The molecule has 0 unspecified atom stereocenters. The molecule has 2 N–H and O–H groups in total. The number of ether oxygens (including phenoxy) is 1. The first kappa shape index (κ1) is 14.2. The summed E-state index contributed by atoms with van der Waals surface area (Å²) in [4.78, 5) is 0. The molecule has 20 heavy (non-hydrogen) atoms. The number of benzene rings is 2. The van der Waals surface area contributed by atoms with Crippen molar-refractivity contribution in [2.24, 2.45) is 0 Å². The van der Waals surface area contributed by atoms with E-state index in [1.165, 1.54) is 0 Å². The van der Waals surface area contributed by atoms with Crippen LogP contribution in [0.2, 0.25) is 0 Å². The molecule has 2 rings (SSSR count). The van der Waals surface area contributed by atoms with Crippen molar-refractivity contribution >= 4 is 5.69 Å². The van der Waals surface area contributed by atoms with Crippen LogP contribution in [0.5, 0.6) is 5.75 Å². The van der Waals surface area contributed by atoms with Crippen LogP contribution in [0.1, 0.15) is 11.1 Å². The van der Waals surface area contributed by atoms with Gasteiger partial charge in [0, 0.05) is 17.8 Å². The lowest BCUT2D eigenvalue weighted by molar-refractivity contribution is 0.282. The fourth-order valence-corrected chi connectivity index (χ4v) is 1.86. The molecule has 0 spiro atoms. The van der Waals surface area contributed by atoms with Crippen molar-refractivity contribution in [1.82, 2.24) is 0 Å². The Balaban J connectivity index is 2.00. The Bertz CT molecular complexity index is 549. The van der Waals surface area contributed by atoms with E-state index in [0.29, 0.717) is 13.2 Å². The molecule has 0 fully saturated rings. The van der Waals surface area contributed by atoms with E-state index in [4.69, 9.17) is 9.84 Å². The molecule has 0 heterocycles. The van der Waals surface area contributed by atoms with E-state index in [9.17, 15) is 0 Å². The summed E-state index contributed by atoms with van der Waals surface area (Å²) in [5.74, 6) is 0.867. The highest BCUT2D eigenvalue weighted by Gasteiger charge is 2.02. The molecule has 0 atom stereocenters. The summed E-state index contributed by atoms with van der Waals surface area (Å²) in [6.45, 7) is 4.91. The van der Waals surface area contributed by atoms with Crippen molar-refractivity contribution in [1.29, 1.82) is 0 Å². The minimum Gasteiger partial charge on any atom is -0.489 e. The van der Waals surface area contributed by atoms with E-state index < -0.39 is 0 Å². The zero-order valence-electron chi connectivity index (χ0n) is 11.4. The standard InChI is InChI=1S/C17H19NO2/c1-2-11-20-17-6-4-3-5-15(17)12-18-16-9-7-14(13-19)8-10-16/h2-10,18-19H,1,11-13H2. The Morgan fingerprint density at radius 2 is 1.85 bits per heavy atom. The van der Waals surface area contributed by atoms with Crippen LogP contribution in [0, 0.1) is 0 Å². The first-order chi connectivity index (χ1) is 9.83. The van der Waals surface area contributed by atoms with Gasteiger partial charge < -0.3 is 15.2 Å². The van der Waals surface area contributed by atoms with Crippen molar-refractivity contribution in [3.8, 4) is 5.75 Å². The van der Waals surface area contributed by atoms with Gasteiger partial charge in [0.05, 0.1) is 6.61 Å². The summed E-state index contributed by atoms with van der Waals surface area (Å²) in [6.07, 6.45) is 1.73. The molecule has 0 aliphatic heterocycles. The van der Waals surface area contributed by atoms with Crippen molar-refractivity contribution < 1.29 is 9.84 Å². The van der Waals surface area contributed by atoms with Gasteiger partial charge >= 0.3 is 0 Å². The number of rotatable bonds is 7. The molecule has 0 bridgehead atoms. The largest absolute Gasteiger partial charge is 0.489 e. The van der Waals surface area contributed by atoms with Gasteiger partial charge in [-0.25, -0.2) is 0 Å². The zero-order valence-corrected chi connectivity index (χ0v) is 11.4. The van der Waals surface area contributed by atoms with Crippen LogP contribution in [-0.4, -0.2) is 11.7 Å². The zero-order chi connectivity index (χ0) is 14.2. The maximum atomic E-state index is 9.01. The molecule has 0 aromatic heterocycles. The molecule has 104 valence electrons. The highest BCUT2D eigenvalue weighted by molar-refractivity contribution is 5.46. The van der Waals surface area contributed by atoms with Gasteiger partial charge in [0.2, 0.25) is 0 Å². The van der Waals surface area contributed by atoms with E-state index in [-0.39, 0.29) is 6.61 Å². The lowest BCUT2D eigenvalue weighted by Crippen LogP contribution is -2.03. The Morgan fingerprint density at radius 1 is 1.10 bits per heavy atom. The molecule has 3 nitrogen and oxygen atoms in total. The van der Waals surface area contributed by atoms with Gasteiger partial charge in [-0.15, -0.1) is 0 Å². The molecule has 0 aliphatic carbocycles. The first-order valence-corrected chi connectivity index (χ1v) is 6.58. The van der Waals surface area contributed by atoms with Gasteiger partial charge in [-0.05, 0) is 23.8 Å². The highest BCUT2D eigenvalue weighted by atomic mass is 16.5. The van der Waals surface area contributed by atoms with Crippen molar-refractivity contribution in [2.45, 2.75) is 13.2 Å². The monoisotopic (exact) mass is 269 g/mol. The quantitative estimate of drug-likeness (QED) is 0.757. The summed E-state index contributed by atoms with van der Waals surface area (Å²) >= 11 is 0. The van der Waals surface area contributed by atoms with Crippen LogP contribution < -0.4 is 10.1 Å². The Kier molecular flexibility index (Phi) is 5.21. The number of hydrogen-bond acceptors (Lipinski definition) is 3. The lowest BCUT2D eigenvalue weighted by atomic mass is 10.2. The van der Waals surface area contributed by atoms with Crippen LogP contribution in [0.25, 0.3) is 0 Å². The second-order valence-electron chi connectivity index (χ2n) is 4.42. The van der Waals surface area contributed by atoms with Gasteiger partial charge in [0.25, 0.3) is 0 Å². The van der Waals surface area contributed by atoms with E-state index in [1.807, 2.05) is 48.5 Å². The molecule has 0 aliphatic rings. The molecule has 0 radical (unpaired) electrons. The minimum absolute atomic E-state index is 0.0680. The minimum atomic E-state index is 0.0680. The van der Waals surface area contributed by atoms with Crippen molar-refractivity contribution in [3.05, 3.63) is 72.3 Å². The maximum absolute atomic E-state index is 9.01. The fourth-order valence-electron chi connectivity index (χ4n) is 1.86. The fraction of sp³-hybridized carbons (Fsp3) is 0.176. The SMILES string of the molecule is C=CCOc1ccccc1CNc1ccc(CO)cc1. The molecule has 2 aromatic rings. The number of anilines is 1. The Labute approximate surface area is 119 Å². The second kappa shape index (κ2) is 7.36. The van der Waals surface area contributed by atoms with Gasteiger partial charge in [-0.2, -0.15) is 0 Å². The van der Waals surface area contributed by atoms with Crippen LogP contribution >= 0.6 is 0 Å². The smallest absolute Gasteiger partial charge is 0.124 e. The van der Waals surface area contributed by atoms with Gasteiger partial charge in [0.1, 0.15) is 12.4 Å². The normalized spacial score (nSPS) is 10.1. The Hall–Kier alpha value is -2.26. The number of aliphatic hydroxyl groups excluding tert-OH is 1. The van der Waals surface area contributed by atoms with Gasteiger partial charge in [-0.1, -0.05) is 43.0 Å². The predicted octanol–water partition coefficient (Wildman–Crippen LogP) is 3.36. The highest BCUT2D eigenvalue weighted by Crippen LogP contribution is 2.19. The molecular weight excluding hydrogens is 250 g/mol. The summed E-state index contributed by atoms with van der Waals surface area (Å²) in [5.41, 5.74) is 3.02. The van der Waals surface area contributed by atoms with E-state index in [1.54, 1.807) is 6.08 Å². The number of nitrogens with one attached hydrogen (secondary N) is 1. The molecule has 0 saturated carbocycles. The van der Waals surface area contributed by atoms with E-state index in [0.717, 1.165) is 22.6 Å². The molecule has 3 heteroatoms. The predicted molar refractivity (Wildman–Crippen MR) is 81.8 cm³/mol.